The fraction of sp³-hybridized carbons (Fsp3) is 0.550. The molecule has 1 aromatic carbocycles. The molecule has 5 nitrogen and oxygen atoms in total. The van der Waals surface area contributed by atoms with E-state index in [1.165, 1.54) is 24.6 Å². The van der Waals surface area contributed by atoms with E-state index in [0.29, 0.717) is 34.6 Å². The van der Waals surface area contributed by atoms with Gasteiger partial charge in [-0.1, -0.05) is 50.6 Å². The summed E-state index contributed by atoms with van der Waals surface area (Å²) in [6.45, 7) is 6.63. The maximum absolute atomic E-state index is 12.9. The smallest absolute Gasteiger partial charge is 0.262 e. The maximum atomic E-state index is 12.9. The summed E-state index contributed by atoms with van der Waals surface area (Å²) in [6.07, 6.45) is 4.50. The van der Waals surface area contributed by atoms with Crippen LogP contribution in [0.2, 0.25) is 0 Å². The van der Waals surface area contributed by atoms with Crippen LogP contribution < -0.4 is 10.9 Å². The first-order valence-electron chi connectivity index (χ1n) is 9.42. The van der Waals surface area contributed by atoms with Gasteiger partial charge in [0.2, 0.25) is 5.91 Å². The summed E-state index contributed by atoms with van der Waals surface area (Å²) in [5, 5.41) is 4.09. The van der Waals surface area contributed by atoms with Crippen LogP contribution in [0.3, 0.4) is 0 Å². The highest BCUT2D eigenvalue weighted by atomic mass is 32.2. The van der Waals surface area contributed by atoms with Gasteiger partial charge in [-0.25, -0.2) is 4.98 Å². The van der Waals surface area contributed by atoms with Gasteiger partial charge in [0.15, 0.2) is 5.16 Å². The van der Waals surface area contributed by atoms with E-state index in [2.05, 4.69) is 24.1 Å². The van der Waals surface area contributed by atoms with Crippen molar-refractivity contribution in [2.45, 2.75) is 69.4 Å². The highest BCUT2D eigenvalue weighted by molar-refractivity contribution is 8.00. The van der Waals surface area contributed by atoms with E-state index >= 15 is 0 Å². The van der Waals surface area contributed by atoms with Gasteiger partial charge < -0.3 is 5.32 Å². The van der Waals surface area contributed by atoms with Crippen molar-refractivity contribution in [2.75, 3.05) is 0 Å². The number of nitrogens with zero attached hydrogens (tertiary/aromatic N) is 2. The van der Waals surface area contributed by atoms with Crippen molar-refractivity contribution in [1.29, 1.82) is 0 Å². The van der Waals surface area contributed by atoms with Crippen LogP contribution in [0.1, 0.15) is 46.5 Å². The zero-order chi connectivity index (χ0) is 18.7. The van der Waals surface area contributed by atoms with Crippen LogP contribution in [-0.4, -0.2) is 26.8 Å². The third kappa shape index (κ3) is 4.29. The topological polar surface area (TPSA) is 64.0 Å². The van der Waals surface area contributed by atoms with Gasteiger partial charge in [0.05, 0.1) is 16.2 Å². The molecule has 1 amide bonds. The number of thioether (sulfide) groups is 1. The molecule has 140 valence electrons. The second kappa shape index (κ2) is 8.25. The molecule has 1 saturated carbocycles. The molecule has 1 atom stereocenters. The molecule has 6 heteroatoms. The quantitative estimate of drug-likeness (QED) is 0.621. The molecule has 0 saturated heterocycles. The van der Waals surface area contributed by atoms with E-state index in [9.17, 15) is 9.59 Å². The van der Waals surface area contributed by atoms with Crippen LogP contribution >= 0.6 is 11.8 Å². The SMILES string of the molecule is CC(C)Cn1c(S[C@@H](C)C(=O)NC2CCCC2)nc2ccccc2c1=O. The minimum atomic E-state index is -0.290. The molecule has 1 N–H and O–H groups in total. The van der Waals surface area contributed by atoms with Gasteiger partial charge in [0.1, 0.15) is 0 Å². The van der Waals surface area contributed by atoms with Crippen molar-refractivity contribution in [3.05, 3.63) is 34.6 Å². The number of nitrogens with one attached hydrogen (secondary N) is 1. The van der Waals surface area contributed by atoms with E-state index < -0.39 is 0 Å². The van der Waals surface area contributed by atoms with Crippen molar-refractivity contribution in [2.24, 2.45) is 5.92 Å². The number of amides is 1. The fourth-order valence-electron chi connectivity index (χ4n) is 3.36. The Kier molecular flexibility index (Phi) is 6.01. The molecule has 0 aliphatic heterocycles. The van der Waals surface area contributed by atoms with E-state index in [1.54, 1.807) is 4.57 Å². The molecule has 26 heavy (non-hydrogen) atoms. The predicted octanol–water partition coefficient (Wildman–Crippen LogP) is 3.59. The lowest BCUT2D eigenvalue weighted by atomic mass is 10.2. The van der Waals surface area contributed by atoms with Gasteiger partial charge in [0, 0.05) is 12.6 Å². The Labute approximate surface area is 158 Å². The highest BCUT2D eigenvalue weighted by Gasteiger charge is 2.23. The second-order valence-electron chi connectivity index (χ2n) is 7.47. The summed E-state index contributed by atoms with van der Waals surface area (Å²) in [5.74, 6) is 0.345. The van der Waals surface area contributed by atoms with Crippen molar-refractivity contribution in [3.63, 3.8) is 0 Å². The molecular formula is C20H27N3O2S. The first kappa shape index (κ1) is 19.0. The maximum Gasteiger partial charge on any atom is 0.262 e. The number of benzene rings is 1. The molecule has 1 aliphatic carbocycles. The summed E-state index contributed by atoms with van der Waals surface area (Å²) in [4.78, 5) is 30.2. The Balaban J connectivity index is 1.87. The van der Waals surface area contributed by atoms with Gasteiger partial charge in [-0.2, -0.15) is 0 Å². The number of fused-ring (bicyclic) bond motifs is 1. The second-order valence-corrected chi connectivity index (χ2v) is 8.78. The summed E-state index contributed by atoms with van der Waals surface area (Å²) in [5.41, 5.74) is 0.651. The molecular weight excluding hydrogens is 346 g/mol. The van der Waals surface area contributed by atoms with Gasteiger partial charge in [-0.15, -0.1) is 0 Å². The van der Waals surface area contributed by atoms with Crippen LogP contribution in [-0.2, 0) is 11.3 Å². The fourth-order valence-corrected chi connectivity index (χ4v) is 4.29. The number of hydrogen-bond acceptors (Lipinski definition) is 4. The number of carbonyl (C=O) groups excluding carboxylic acids is 1. The molecule has 3 rings (SSSR count). The Morgan fingerprint density at radius 1 is 1.27 bits per heavy atom. The van der Waals surface area contributed by atoms with Crippen LogP contribution in [0, 0.1) is 5.92 Å². The molecule has 0 spiro atoms. The van der Waals surface area contributed by atoms with Gasteiger partial charge in [0.25, 0.3) is 5.56 Å². The molecule has 1 fully saturated rings. The third-order valence-corrected chi connectivity index (χ3v) is 5.82. The molecule has 1 heterocycles. The largest absolute Gasteiger partial charge is 0.352 e. The van der Waals surface area contributed by atoms with Crippen molar-refractivity contribution >= 4 is 28.6 Å². The first-order chi connectivity index (χ1) is 12.5. The standard InChI is InChI=1S/C20H27N3O2S/c1-13(2)12-23-19(25)16-10-6-7-11-17(16)22-20(23)26-14(3)18(24)21-15-8-4-5-9-15/h6-7,10-11,13-15H,4-5,8-9,12H2,1-3H3,(H,21,24)/t14-/m0/s1. The predicted molar refractivity (Wildman–Crippen MR) is 107 cm³/mol. The van der Waals surface area contributed by atoms with Crippen LogP contribution in [0.15, 0.2) is 34.2 Å². The molecule has 1 aromatic heterocycles. The average molecular weight is 374 g/mol. The van der Waals surface area contributed by atoms with Gasteiger partial charge in [-0.3, -0.25) is 14.2 Å². The first-order valence-corrected chi connectivity index (χ1v) is 10.3. The number of hydrogen-bond donors (Lipinski definition) is 1. The summed E-state index contributed by atoms with van der Waals surface area (Å²) < 4.78 is 1.72. The summed E-state index contributed by atoms with van der Waals surface area (Å²) in [7, 11) is 0. The third-order valence-electron chi connectivity index (χ3n) is 4.73. The van der Waals surface area contributed by atoms with Gasteiger partial charge >= 0.3 is 0 Å². The van der Waals surface area contributed by atoms with Crippen molar-refractivity contribution in [3.8, 4) is 0 Å². The Hall–Kier alpha value is -1.82. The lowest BCUT2D eigenvalue weighted by Gasteiger charge is -2.19. The van der Waals surface area contributed by atoms with Crippen molar-refractivity contribution < 1.29 is 4.79 Å². The normalized spacial score (nSPS) is 16.3. The monoisotopic (exact) mass is 373 g/mol. The van der Waals surface area contributed by atoms with E-state index in [1.807, 2.05) is 31.2 Å². The van der Waals surface area contributed by atoms with E-state index in [-0.39, 0.29) is 16.7 Å². The van der Waals surface area contributed by atoms with Crippen LogP contribution in [0.25, 0.3) is 10.9 Å². The number of aromatic nitrogens is 2. The number of rotatable bonds is 6. The Morgan fingerprint density at radius 2 is 1.96 bits per heavy atom. The molecule has 2 aromatic rings. The molecule has 0 bridgehead atoms. The van der Waals surface area contributed by atoms with Crippen LogP contribution in [0.4, 0.5) is 0 Å². The molecule has 1 aliphatic rings. The zero-order valence-electron chi connectivity index (χ0n) is 15.7. The van der Waals surface area contributed by atoms with E-state index in [4.69, 9.17) is 0 Å². The molecule has 0 unspecified atom stereocenters. The number of para-hydroxylation sites is 1. The lowest BCUT2D eigenvalue weighted by molar-refractivity contribution is -0.120. The van der Waals surface area contributed by atoms with E-state index in [0.717, 1.165) is 12.8 Å². The lowest BCUT2D eigenvalue weighted by Crippen LogP contribution is -2.38. The average Bonchev–Trinajstić information content (AvgIpc) is 3.11. The van der Waals surface area contributed by atoms with Gasteiger partial charge in [-0.05, 0) is 37.8 Å². The minimum absolute atomic E-state index is 0.0282. The zero-order valence-corrected chi connectivity index (χ0v) is 16.5. The van der Waals surface area contributed by atoms with Crippen LogP contribution in [0.5, 0.6) is 0 Å². The Morgan fingerprint density at radius 3 is 2.65 bits per heavy atom. The number of carbonyl (C=O) groups is 1. The minimum Gasteiger partial charge on any atom is -0.352 e. The Bertz CT molecular complexity index is 841. The summed E-state index contributed by atoms with van der Waals surface area (Å²) in [6, 6.07) is 7.70. The highest BCUT2D eigenvalue weighted by Crippen LogP contribution is 2.24. The van der Waals surface area contributed by atoms with Crippen molar-refractivity contribution in [1.82, 2.24) is 14.9 Å². The molecule has 0 radical (unpaired) electrons. The summed E-state index contributed by atoms with van der Waals surface area (Å²) >= 11 is 1.37.